The number of hydrogen-bond acceptors (Lipinski definition) is 3. The Kier molecular flexibility index (Phi) is 4.55. The van der Waals surface area contributed by atoms with Crippen LogP contribution in [0.15, 0.2) is 0 Å². The van der Waals surface area contributed by atoms with Crippen LogP contribution >= 0.6 is 0 Å². The molecule has 1 unspecified atom stereocenters. The lowest BCUT2D eigenvalue weighted by Crippen LogP contribution is -2.40. The molecule has 0 aromatic heterocycles. The molecule has 0 aromatic carbocycles. The summed E-state index contributed by atoms with van der Waals surface area (Å²) in [6.07, 6.45) is 1.84. The lowest BCUT2D eigenvalue weighted by atomic mass is 10.1. The molecule has 3 heteroatoms. The molecule has 1 fully saturated rings. The van der Waals surface area contributed by atoms with Crippen molar-refractivity contribution in [2.24, 2.45) is 0 Å². The largest absolute Gasteiger partial charge is 0.305 e. The van der Waals surface area contributed by atoms with Crippen LogP contribution in [-0.4, -0.2) is 54.9 Å². The van der Waals surface area contributed by atoms with Crippen molar-refractivity contribution in [2.75, 3.05) is 33.2 Å². The summed E-state index contributed by atoms with van der Waals surface area (Å²) < 4.78 is 0. The number of ketones is 1. The molecule has 0 bridgehead atoms. The van der Waals surface area contributed by atoms with Crippen LogP contribution in [0.4, 0.5) is 0 Å². The Hall–Kier alpha value is -0.410. The first-order valence-electron chi connectivity index (χ1n) is 5.60. The third-order valence-corrected chi connectivity index (χ3v) is 3.12. The van der Waals surface area contributed by atoms with E-state index in [4.69, 9.17) is 0 Å². The number of Topliss-reactive ketones (excluding diaryl/α,β-unsaturated/α-hetero) is 1. The summed E-state index contributed by atoms with van der Waals surface area (Å²) in [5, 5.41) is 0. The Labute approximate surface area is 87.1 Å². The van der Waals surface area contributed by atoms with Crippen LogP contribution < -0.4 is 0 Å². The molecule has 0 aliphatic carbocycles. The summed E-state index contributed by atoms with van der Waals surface area (Å²) in [5.74, 6) is 0.370. The Morgan fingerprint density at radius 2 is 2.00 bits per heavy atom. The molecule has 0 amide bonds. The van der Waals surface area contributed by atoms with Crippen molar-refractivity contribution in [1.82, 2.24) is 9.80 Å². The van der Waals surface area contributed by atoms with E-state index < -0.39 is 0 Å². The quantitative estimate of drug-likeness (QED) is 0.675. The maximum absolute atomic E-state index is 11.5. The van der Waals surface area contributed by atoms with Gasteiger partial charge in [-0.15, -0.1) is 0 Å². The van der Waals surface area contributed by atoms with Crippen molar-refractivity contribution in [2.45, 2.75) is 32.7 Å². The van der Waals surface area contributed by atoms with E-state index >= 15 is 0 Å². The topological polar surface area (TPSA) is 23.6 Å². The van der Waals surface area contributed by atoms with Gasteiger partial charge in [-0.2, -0.15) is 0 Å². The minimum absolute atomic E-state index is 0.117. The second kappa shape index (κ2) is 5.47. The number of rotatable bonds is 3. The van der Waals surface area contributed by atoms with E-state index in [0.717, 1.165) is 26.2 Å². The predicted molar refractivity (Wildman–Crippen MR) is 58.4 cm³/mol. The molecule has 3 nitrogen and oxygen atoms in total. The zero-order valence-electron chi connectivity index (χ0n) is 9.62. The summed E-state index contributed by atoms with van der Waals surface area (Å²) in [5.41, 5.74) is 0. The van der Waals surface area contributed by atoms with Crippen molar-refractivity contribution in [3.8, 4) is 0 Å². The molecule has 1 rings (SSSR count). The zero-order valence-corrected chi connectivity index (χ0v) is 9.62. The minimum atomic E-state index is 0.117. The molecule has 1 atom stereocenters. The summed E-state index contributed by atoms with van der Waals surface area (Å²) in [6.45, 7) is 8.32. The van der Waals surface area contributed by atoms with Crippen molar-refractivity contribution in [1.29, 1.82) is 0 Å². The number of likely N-dealkylation sites (N-methyl/N-ethyl adjacent to an activating group) is 1. The first-order valence-corrected chi connectivity index (χ1v) is 5.60. The number of carbonyl (C=O) groups is 1. The molecule has 1 saturated heterocycles. The molecule has 0 spiro atoms. The lowest BCUT2D eigenvalue weighted by molar-refractivity contribution is -0.123. The van der Waals surface area contributed by atoms with E-state index in [2.05, 4.69) is 16.8 Å². The van der Waals surface area contributed by atoms with Gasteiger partial charge in [-0.05, 0) is 26.9 Å². The maximum Gasteiger partial charge on any atom is 0.149 e. The van der Waals surface area contributed by atoms with E-state index in [1.54, 1.807) is 0 Å². The molecule has 1 aliphatic heterocycles. The average molecular weight is 198 g/mol. The lowest BCUT2D eigenvalue weighted by Gasteiger charge is -2.26. The monoisotopic (exact) mass is 198 g/mol. The van der Waals surface area contributed by atoms with Crippen molar-refractivity contribution in [3.63, 3.8) is 0 Å². The zero-order chi connectivity index (χ0) is 10.6. The molecule has 14 heavy (non-hydrogen) atoms. The van der Waals surface area contributed by atoms with Gasteiger partial charge in [0.25, 0.3) is 0 Å². The fourth-order valence-electron chi connectivity index (χ4n) is 1.95. The third kappa shape index (κ3) is 3.07. The number of nitrogens with zero attached hydrogens (tertiary/aromatic N) is 2. The van der Waals surface area contributed by atoms with E-state index in [0.29, 0.717) is 12.2 Å². The Bertz CT molecular complexity index is 194. The minimum Gasteiger partial charge on any atom is -0.305 e. The van der Waals surface area contributed by atoms with Gasteiger partial charge in [0.05, 0.1) is 6.04 Å². The van der Waals surface area contributed by atoms with Crippen LogP contribution in [0.1, 0.15) is 26.7 Å². The molecule has 0 N–H and O–H groups in total. The van der Waals surface area contributed by atoms with Crippen LogP contribution in [0, 0.1) is 0 Å². The summed E-state index contributed by atoms with van der Waals surface area (Å²) >= 11 is 0. The molecular weight excluding hydrogens is 176 g/mol. The third-order valence-electron chi connectivity index (χ3n) is 3.12. The Morgan fingerprint density at radius 1 is 1.29 bits per heavy atom. The highest BCUT2D eigenvalue weighted by Gasteiger charge is 2.21. The van der Waals surface area contributed by atoms with Gasteiger partial charge in [0, 0.05) is 26.1 Å². The van der Waals surface area contributed by atoms with E-state index in [9.17, 15) is 4.79 Å². The van der Waals surface area contributed by atoms with Gasteiger partial charge in [-0.1, -0.05) is 6.92 Å². The SMILES string of the molecule is CCC(=O)C(C)N1CCCN(C)CC1. The molecule has 82 valence electrons. The average Bonchev–Trinajstić information content (AvgIpc) is 2.40. The normalized spacial score (nSPS) is 23.1. The van der Waals surface area contributed by atoms with E-state index in [1.165, 1.54) is 6.42 Å². The van der Waals surface area contributed by atoms with Crippen molar-refractivity contribution in [3.05, 3.63) is 0 Å². The molecular formula is C11H22N2O. The highest BCUT2D eigenvalue weighted by Crippen LogP contribution is 2.07. The standard InChI is InChI=1S/C11H22N2O/c1-4-11(14)10(2)13-7-5-6-12(3)8-9-13/h10H,4-9H2,1-3H3. The van der Waals surface area contributed by atoms with Gasteiger partial charge >= 0.3 is 0 Å². The van der Waals surface area contributed by atoms with Gasteiger partial charge in [-0.3, -0.25) is 9.69 Å². The summed E-state index contributed by atoms with van der Waals surface area (Å²) in [6, 6.07) is 0.117. The summed E-state index contributed by atoms with van der Waals surface area (Å²) in [4.78, 5) is 16.2. The van der Waals surface area contributed by atoms with Gasteiger partial charge < -0.3 is 4.90 Å². The molecule has 0 radical (unpaired) electrons. The highest BCUT2D eigenvalue weighted by atomic mass is 16.1. The van der Waals surface area contributed by atoms with E-state index in [1.807, 2.05) is 13.8 Å². The van der Waals surface area contributed by atoms with Crippen molar-refractivity contribution < 1.29 is 4.79 Å². The fourth-order valence-corrected chi connectivity index (χ4v) is 1.95. The predicted octanol–water partition coefficient (Wildman–Crippen LogP) is 0.991. The molecule has 1 aliphatic rings. The van der Waals surface area contributed by atoms with Crippen molar-refractivity contribution >= 4 is 5.78 Å². The van der Waals surface area contributed by atoms with Gasteiger partial charge in [0.1, 0.15) is 5.78 Å². The Balaban J connectivity index is 2.46. The van der Waals surface area contributed by atoms with Crippen LogP contribution in [-0.2, 0) is 4.79 Å². The van der Waals surface area contributed by atoms with E-state index in [-0.39, 0.29) is 6.04 Å². The number of hydrogen-bond donors (Lipinski definition) is 0. The first-order chi connectivity index (χ1) is 6.65. The second-order valence-corrected chi connectivity index (χ2v) is 4.19. The van der Waals surface area contributed by atoms with Gasteiger partial charge in [-0.25, -0.2) is 0 Å². The van der Waals surface area contributed by atoms with Gasteiger partial charge in [0.15, 0.2) is 0 Å². The molecule has 0 saturated carbocycles. The Morgan fingerprint density at radius 3 is 2.64 bits per heavy atom. The summed E-state index contributed by atoms with van der Waals surface area (Å²) in [7, 11) is 2.15. The van der Waals surface area contributed by atoms with Gasteiger partial charge in [0.2, 0.25) is 0 Å². The van der Waals surface area contributed by atoms with Crippen LogP contribution in [0.5, 0.6) is 0 Å². The molecule has 0 aromatic rings. The second-order valence-electron chi connectivity index (χ2n) is 4.19. The maximum atomic E-state index is 11.5. The van der Waals surface area contributed by atoms with Crippen LogP contribution in [0.2, 0.25) is 0 Å². The smallest absolute Gasteiger partial charge is 0.149 e. The highest BCUT2D eigenvalue weighted by molar-refractivity contribution is 5.83. The van der Waals surface area contributed by atoms with Crippen LogP contribution in [0.3, 0.4) is 0 Å². The number of carbonyl (C=O) groups excluding carboxylic acids is 1. The molecule has 1 heterocycles. The van der Waals surface area contributed by atoms with Crippen LogP contribution in [0.25, 0.3) is 0 Å². The first kappa shape index (κ1) is 11.7. The fraction of sp³-hybridized carbons (Fsp3) is 0.909.